The normalized spacial score (nSPS) is 15.9. The lowest BCUT2D eigenvalue weighted by Crippen LogP contribution is -2.30. The van der Waals surface area contributed by atoms with Crippen LogP contribution in [0.3, 0.4) is 0 Å². The summed E-state index contributed by atoms with van der Waals surface area (Å²) in [6.45, 7) is 3.83. The largest absolute Gasteiger partial charge is 0.450 e. The number of benzene rings is 1. The summed E-state index contributed by atoms with van der Waals surface area (Å²) >= 11 is 7.49. The van der Waals surface area contributed by atoms with Crippen molar-refractivity contribution in [1.82, 2.24) is 9.97 Å². The molecule has 0 radical (unpaired) electrons. The van der Waals surface area contributed by atoms with Crippen molar-refractivity contribution < 1.29 is 9.21 Å². The molecule has 4 aromatic rings. The number of anilines is 1. The second-order valence-corrected chi connectivity index (χ2v) is 8.40. The number of pyridine rings is 1. The van der Waals surface area contributed by atoms with E-state index in [1.807, 2.05) is 19.9 Å². The van der Waals surface area contributed by atoms with Crippen molar-refractivity contribution in [3.8, 4) is 0 Å². The van der Waals surface area contributed by atoms with Gasteiger partial charge in [0.1, 0.15) is 11.6 Å². The minimum atomic E-state index is -0.719. The van der Waals surface area contributed by atoms with Crippen molar-refractivity contribution in [3.05, 3.63) is 85.4 Å². The van der Waals surface area contributed by atoms with E-state index in [2.05, 4.69) is 9.97 Å². The van der Waals surface area contributed by atoms with E-state index in [4.69, 9.17) is 16.0 Å². The summed E-state index contributed by atoms with van der Waals surface area (Å²) in [5, 5.41) is 1.26. The van der Waals surface area contributed by atoms with Crippen LogP contribution in [0.4, 0.5) is 5.13 Å². The Morgan fingerprint density at radius 2 is 2.00 bits per heavy atom. The molecule has 8 heteroatoms. The molecule has 1 aliphatic rings. The SMILES string of the molecule is Cc1nc(N2C(=O)c3oc4ccc(Cl)cc4c(=O)c3C2c2ccccn2)sc1C. The van der Waals surface area contributed by atoms with E-state index in [0.717, 1.165) is 10.6 Å². The molecule has 1 unspecified atom stereocenters. The van der Waals surface area contributed by atoms with Crippen LogP contribution in [0.2, 0.25) is 5.02 Å². The topological polar surface area (TPSA) is 76.3 Å². The number of amides is 1. The Bertz CT molecular complexity index is 1330. The molecule has 0 spiro atoms. The van der Waals surface area contributed by atoms with Crippen LogP contribution >= 0.6 is 22.9 Å². The van der Waals surface area contributed by atoms with Gasteiger partial charge in [0.25, 0.3) is 5.91 Å². The van der Waals surface area contributed by atoms with E-state index < -0.39 is 11.9 Å². The summed E-state index contributed by atoms with van der Waals surface area (Å²) in [5.74, 6) is -0.385. The smallest absolute Gasteiger partial charge is 0.297 e. The molecule has 0 aliphatic carbocycles. The lowest BCUT2D eigenvalue weighted by atomic mass is 10.0. The molecular weight excluding hydrogens is 410 g/mol. The third-order valence-electron chi connectivity index (χ3n) is 5.02. The number of nitrogens with zero attached hydrogens (tertiary/aromatic N) is 3. The van der Waals surface area contributed by atoms with Crippen molar-refractivity contribution in [2.75, 3.05) is 4.90 Å². The Morgan fingerprint density at radius 3 is 2.69 bits per heavy atom. The van der Waals surface area contributed by atoms with E-state index in [1.165, 1.54) is 16.2 Å². The van der Waals surface area contributed by atoms with Crippen molar-refractivity contribution in [3.63, 3.8) is 0 Å². The molecule has 0 saturated heterocycles. The number of carbonyl (C=O) groups excluding carboxylic acids is 1. The fourth-order valence-corrected chi connectivity index (χ4v) is 4.63. The van der Waals surface area contributed by atoms with Crippen molar-refractivity contribution >= 4 is 44.9 Å². The van der Waals surface area contributed by atoms with Gasteiger partial charge in [-0.15, -0.1) is 11.3 Å². The van der Waals surface area contributed by atoms with Crippen LogP contribution in [0.25, 0.3) is 11.0 Å². The minimum absolute atomic E-state index is 0.0194. The van der Waals surface area contributed by atoms with Crippen molar-refractivity contribution in [2.24, 2.45) is 0 Å². The first-order valence-electron chi connectivity index (χ1n) is 8.90. The Labute approximate surface area is 174 Å². The monoisotopic (exact) mass is 423 g/mol. The molecule has 144 valence electrons. The number of hydrogen-bond acceptors (Lipinski definition) is 6. The Balaban J connectivity index is 1.83. The predicted molar refractivity (Wildman–Crippen MR) is 112 cm³/mol. The zero-order chi connectivity index (χ0) is 20.3. The molecular formula is C21H14ClN3O3S. The zero-order valence-electron chi connectivity index (χ0n) is 15.5. The highest BCUT2D eigenvalue weighted by molar-refractivity contribution is 7.15. The summed E-state index contributed by atoms with van der Waals surface area (Å²) in [7, 11) is 0. The molecule has 4 heterocycles. The Hall–Kier alpha value is -3.03. The van der Waals surface area contributed by atoms with E-state index in [0.29, 0.717) is 26.8 Å². The van der Waals surface area contributed by atoms with Crippen LogP contribution in [0.5, 0.6) is 0 Å². The molecule has 1 aromatic carbocycles. The van der Waals surface area contributed by atoms with Crippen molar-refractivity contribution in [2.45, 2.75) is 19.9 Å². The van der Waals surface area contributed by atoms with Crippen LogP contribution < -0.4 is 10.3 Å². The highest BCUT2D eigenvalue weighted by Gasteiger charge is 2.45. The van der Waals surface area contributed by atoms with Crippen LogP contribution in [0, 0.1) is 13.8 Å². The number of thiazole rings is 1. The number of rotatable bonds is 2. The highest BCUT2D eigenvalue weighted by atomic mass is 35.5. The van der Waals surface area contributed by atoms with Crippen LogP contribution in [0.1, 0.15) is 38.4 Å². The van der Waals surface area contributed by atoms with Gasteiger partial charge in [0.05, 0.1) is 22.3 Å². The van der Waals surface area contributed by atoms with Gasteiger partial charge in [-0.2, -0.15) is 0 Å². The van der Waals surface area contributed by atoms with Crippen molar-refractivity contribution in [1.29, 1.82) is 0 Å². The molecule has 1 aliphatic heterocycles. The van der Waals surface area contributed by atoms with Gasteiger partial charge in [-0.25, -0.2) is 4.98 Å². The third-order valence-corrected chi connectivity index (χ3v) is 6.33. The summed E-state index contributed by atoms with van der Waals surface area (Å²) in [4.78, 5) is 38.2. The molecule has 0 fully saturated rings. The lowest BCUT2D eigenvalue weighted by molar-refractivity contribution is 0.0970. The number of fused-ring (bicyclic) bond motifs is 2. The van der Waals surface area contributed by atoms with E-state index in [9.17, 15) is 9.59 Å². The molecule has 3 aromatic heterocycles. The molecule has 0 bridgehead atoms. The number of hydrogen-bond donors (Lipinski definition) is 0. The van der Waals surface area contributed by atoms with Gasteiger partial charge in [-0.1, -0.05) is 17.7 Å². The third kappa shape index (κ3) is 2.69. The number of aromatic nitrogens is 2. The first kappa shape index (κ1) is 18.0. The molecule has 6 nitrogen and oxygen atoms in total. The lowest BCUT2D eigenvalue weighted by Gasteiger charge is -2.21. The zero-order valence-corrected chi connectivity index (χ0v) is 17.0. The maximum absolute atomic E-state index is 13.4. The van der Waals surface area contributed by atoms with Crippen LogP contribution in [-0.4, -0.2) is 15.9 Å². The maximum atomic E-state index is 13.4. The van der Waals surface area contributed by atoms with Crippen LogP contribution in [-0.2, 0) is 0 Å². The average Bonchev–Trinajstić information content (AvgIpc) is 3.20. The van der Waals surface area contributed by atoms with Gasteiger partial charge in [0.2, 0.25) is 5.76 Å². The summed E-state index contributed by atoms with van der Waals surface area (Å²) in [6, 6.07) is 9.46. The fraction of sp³-hybridized carbons (Fsp3) is 0.143. The molecule has 1 atom stereocenters. The number of halogens is 1. The van der Waals surface area contributed by atoms with E-state index in [1.54, 1.807) is 36.5 Å². The van der Waals surface area contributed by atoms with E-state index in [-0.39, 0.29) is 16.8 Å². The Morgan fingerprint density at radius 1 is 1.17 bits per heavy atom. The molecule has 0 saturated carbocycles. The average molecular weight is 424 g/mol. The summed E-state index contributed by atoms with van der Waals surface area (Å²) in [6.07, 6.45) is 1.63. The number of carbonyl (C=O) groups is 1. The molecule has 5 rings (SSSR count). The predicted octanol–water partition coefficient (Wildman–Crippen LogP) is 4.66. The van der Waals surface area contributed by atoms with E-state index >= 15 is 0 Å². The molecule has 29 heavy (non-hydrogen) atoms. The fourth-order valence-electron chi connectivity index (χ4n) is 3.52. The second kappa shape index (κ2) is 6.50. The van der Waals surface area contributed by atoms with Gasteiger partial charge in [-0.3, -0.25) is 19.5 Å². The van der Waals surface area contributed by atoms with Crippen LogP contribution in [0.15, 0.2) is 51.8 Å². The quantitative estimate of drug-likeness (QED) is 0.468. The second-order valence-electron chi connectivity index (χ2n) is 6.78. The van der Waals surface area contributed by atoms with Gasteiger partial charge in [0.15, 0.2) is 10.6 Å². The minimum Gasteiger partial charge on any atom is -0.450 e. The first-order chi connectivity index (χ1) is 14.0. The highest BCUT2D eigenvalue weighted by Crippen LogP contribution is 2.42. The molecule has 1 amide bonds. The standard InChI is InChI=1S/C21H14ClN3O3S/c1-10-11(2)29-21(24-10)25-17(14-5-3-4-8-23-14)16-18(26)13-9-12(22)6-7-15(13)28-19(16)20(25)27/h3-9,17H,1-2H3. The number of aryl methyl sites for hydroxylation is 2. The first-order valence-corrected chi connectivity index (χ1v) is 10.1. The maximum Gasteiger partial charge on any atom is 0.297 e. The molecule has 0 N–H and O–H groups in total. The van der Waals surface area contributed by atoms with Gasteiger partial charge < -0.3 is 4.42 Å². The summed E-state index contributed by atoms with van der Waals surface area (Å²) < 4.78 is 5.89. The van der Waals surface area contributed by atoms with Gasteiger partial charge >= 0.3 is 0 Å². The van der Waals surface area contributed by atoms with Gasteiger partial charge in [-0.05, 0) is 44.2 Å². The Kier molecular flexibility index (Phi) is 4.04. The van der Waals surface area contributed by atoms with Gasteiger partial charge in [0, 0.05) is 16.1 Å². The summed E-state index contributed by atoms with van der Waals surface area (Å²) in [5.41, 5.74) is 1.69.